The van der Waals surface area contributed by atoms with Crippen LogP contribution in [0.4, 0.5) is 36.5 Å². The van der Waals surface area contributed by atoms with Gasteiger partial charge in [0.2, 0.25) is 5.88 Å². The van der Waals surface area contributed by atoms with Gasteiger partial charge in [-0.15, -0.1) is 0 Å². The number of pyridine rings is 2. The molecule has 14 heteroatoms. The minimum absolute atomic E-state index is 0.0553. The third-order valence-electron chi connectivity index (χ3n) is 7.43. The summed E-state index contributed by atoms with van der Waals surface area (Å²) in [6.45, 7) is 0. The van der Waals surface area contributed by atoms with E-state index in [1.807, 2.05) is 18.2 Å². The highest BCUT2D eigenvalue weighted by Crippen LogP contribution is 2.34. The summed E-state index contributed by atoms with van der Waals surface area (Å²) in [5.41, 5.74) is 10.5. The Morgan fingerprint density at radius 1 is 0.796 bits per heavy atom. The molecule has 0 radical (unpaired) electrons. The summed E-state index contributed by atoms with van der Waals surface area (Å²) in [6.07, 6.45) is 1.49. The maximum absolute atomic E-state index is 14.3. The van der Waals surface area contributed by atoms with E-state index < -0.39 is 32.6 Å². The lowest BCUT2D eigenvalue weighted by molar-refractivity contribution is 0.262. The molecule has 0 aliphatic heterocycles. The van der Waals surface area contributed by atoms with Gasteiger partial charge in [-0.05, 0) is 83.9 Å². The number of rotatable bonds is 9. The maximum atomic E-state index is 14.3. The van der Waals surface area contributed by atoms with E-state index in [4.69, 9.17) is 15.2 Å². The first kappa shape index (κ1) is 32.7. The number of nitrogens with two attached hydrogens (primary N) is 1. The Morgan fingerprint density at radius 2 is 1.57 bits per heavy atom. The topological polar surface area (TPSA) is 158 Å². The predicted octanol–water partition coefficient (Wildman–Crippen LogP) is 7.29. The van der Waals surface area contributed by atoms with E-state index in [1.165, 1.54) is 19.4 Å². The van der Waals surface area contributed by atoms with Crippen molar-refractivity contribution >= 4 is 49.8 Å². The molecule has 2 aromatic heterocycles. The van der Waals surface area contributed by atoms with Crippen molar-refractivity contribution in [3.63, 3.8) is 0 Å². The van der Waals surface area contributed by atoms with Gasteiger partial charge in [-0.2, -0.15) is 0 Å². The van der Waals surface area contributed by atoms with Crippen molar-refractivity contribution < 1.29 is 31.5 Å². The predicted molar refractivity (Wildman–Crippen MR) is 184 cm³/mol. The van der Waals surface area contributed by atoms with Crippen molar-refractivity contribution in [1.29, 1.82) is 0 Å². The van der Waals surface area contributed by atoms with Gasteiger partial charge < -0.3 is 25.8 Å². The molecule has 4 aromatic carbocycles. The molecule has 5 N–H and O–H groups in total. The Morgan fingerprint density at radius 3 is 2.31 bits per heavy atom. The summed E-state index contributed by atoms with van der Waals surface area (Å²) >= 11 is 0. The van der Waals surface area contributed by atoms with Crippen LogP contribution in [0.1, 0.15) is 0 Å². The maximum Gasteiger partial charge on any atom is 0.323 e. The highest BCUT2D eigenvalue weighted by molar-refractivity contribution is 7.92. The number of benzene rings is 4. The van der Waals surface area contributed by atoms with Crippen molar-refractivity contribution in [2.24, 2.45) is 0 Å². The SMILES string of the molecule is COc1ccc(NC(=O)Nc2cccc(-c3cc4cc(-c5cnc(OC)c(NS(=O)(=O)c6ccc(F)cc6F)c5)ccc4nc3N)c2)cc1. The average Bonchev–Trinajstić information content (AvgIpc) is 3.08. The zero-order valence-corrected chi connectivity index (χ0v) is 26.8. The number of fused-ring (bicyclic) bond motifs is 1. The second kappa shape index (κ2) is 13.4. The number of ether oxygens (including phenoxy) is 2. The molecular formula is C35H28F2N6O5S. The van der Waals surface area contributed by atoms with Crippen molar-refractivity contribution in [2.75, 3.05) is 35.3 Å². The molecule has 2 heterocycles. The molecule has 6 rings (SSSR count). The molecule has 0 bridgehead atoms. The molecule has 0 unspecified atom stereocenters. The summed E-state index contributed by atoms with van der Waals surface area (Å²) in [4.78, 5) is 20.7. The van der Waals surface area contributed by atoms with Gasteiger partial charge in [-0.3, -0.25) is 4.72 Å². The molecule has 0 atom stereocenters. The van der Waals surface area contributed by atoms with Crippen molar-refractivity contribution in [3.8, 4) is 33.9 Å². The van der Waals surface area contributed by atoms with E-state index in [-0.39, 0.29) is 17.4 Å². The molecule has 248 valence electrons. The number of hydrogen-bond donors (Lipinski definition) is 4. The Bertz CT molecular complexity index is 2320. The number of carbonyl (C=O) groups is 1. The van der Waals surface area contributed by atoms with Crippen LogP contribution in [-0.2, 0) is 10.0 Å². The number of nitrogen functional groups attached to an aromatic ring is 1. The fourth-order valence-corrected chi connectivity index (χ4v) is 6.18. The van der Waals surface area contributed by atoms with E-state index in [2.05, 4.69) is 25.3 Å². The molecule has 0 aliphatic rings. The third-order valence-corrected chi connectivity index (χ3v) is 8.83. The minimum Gasteiger partial charge on any atom is -0.497 e. The van der Waals surface area contributed by atoms with E-state index in [0.717, 1.165) is 12.1 Å². The summed E-state index contributed by atoms with van der Waals surface area (Å²) in [5.74, 6) is -1.27. The lowest BCUT2D eigenvalue weighted by Gasteiger charge is -2.14. The first-order chi connectivity index (χ1) is 23.5. The Balaban J connectivity index is 1.27. The lowest BCUT2D eigenvalue weighted by Crippen LogP contribution is -2.19. The summed E-state index contributed by atoms with van der Waals surface area (Å²) < 4.78 is 66.4. The van der Waals surface area contributed by atoms with E-state index in [9.17, 15) is 22.0 Å². The van der Waals surface area contributed by atoms with Crippen LogP contribution in [0.5, 0.6) is 11.6 Å². The highest BCUT2D eigenvalue weighted by Gasteiger charge is 2.22. The van der Waals surface area contributed by atoms with Gasteiger partial charge in [0.15, 0.2) is 0 Å². The molecule has 49 heavy (non-hydrogen) atoms. The normalized spacial score (nSPS) is 11.2. The lowest BCUT2D eigenvalue weighted by atomic mass is 10.0. The largest absolute Gasteiger partial charge is 0.497 e. The number of amides is 2. The Kier molecular flexibility index (Phi) is 8.96. The number of carbonyl (C=O) groups excluding carboxylic acids is 1. The average molecular weight is 683 g/mol. The van der Waals surface area contributed by atoms with Crippen LogP contribution >= 0.6 is 0 Å². The molecule has 6 aromatic rings. The monoisotopic (exact) mass is 682 g/mol. The first-order valence-electron chi connectivity index (χ1n) is 14.6. The number of hydrogen-bond acceptors (Lipinski definition) is 8. The van der Waals surface area contributed by atoms with E-state index >= 15 is 0 Å². The number of sulfonamides is 1. The second-order valence-corrected chi connectivity index (χ2v) is 12.3. The minimum atomic E-state index is -4.47. The first-order valence-corrected chi connectivity index (χ1v) is 16.1. The molecule has 2 amide bonds. The van der Waals surface area contributed by atoms with Crippen LogP contribution in [0.25, 0.3) is 33.2 Å². The fraction of sp³-hybridized carbons (Fsp3) is 0.0571. The second-order valence-electron chi connectivity index (χ2n) is 10.7. The summed E-state index contributed by atoms with van der Waals surface area (Å²) in [7, 11) is -1.60. The summed E-state index contributed by atoms with van der Waals surface area (Å²) in [6, 6.07) is 24.5. The fourth-order valence-electron chi connectivity index (χ4n) is 5.07. The Hall–Kier alpha value is -6.28. The number of methoxy groups -OCH3 is 2. The van der Waals surface area contributed by atoms with Crippen LogP contribution in [0, 0.1) is 11.6 Å². The zero-order chi connectivity index (χ0) is 34.7. The van der Waals surface area contributed by atoms with Gasteiger partial charge in [0.1, 0.15) is 33.8 Å². The number of urea groups is 1. The standard InChI is InChI=1S/C35H28F2N6O5S/c1-47-27-10-8-25(9-11-27)40-35(44)41-26-5-3-4-21(15-26)28-16-22-14-20(6-12-30(22)42-33(28)38)23-17-31(34(48-2)39-19-23)43-49(45,46)32-13-7-24(36)18-29(32)37/h3-19,43H,1-2H3,(H2,38,42)(H2,40,41,44). The quantitative estimate of drug-likeness (QED) is 0.124. The van der Waals surface area contributed by atoms with Gasteiger partial charge in [0, 0.05) is 40.2 Å². The van der Waals surface area contributed by atoms with Crippen molar-refractivity contribution in [1.82, 2.24) is 9.97 Å². The molecule has 0 spiro atoms. The van der Waals surface area contributed by atoms with Gasteiger partial charge in [-0.25, -0.2) is 32.0 Å². The zero-order valence-electron chi connectivity index (χ0n) is 26.0. The van der Waals surface area contributed by atoms with Crippen LogP contribution in [0.2, 0.25) is 0 Å². The number of aromatic nitrogens is 2. The van der Waals surface area contributed by atoms with E-state index in [1.54, 1.807) is 61.7 Å². The van der Waals surface area contributed by atoms with Crippen molar-refractivity contribution in [2.45, 2.75) is 4.90 Å². The third kappa shape index (κ3) is 7.18. The molecule has 0 aliphatic carbocycles. The smallest absolute Gasteiger partial charge is 0.323 e. The van der Waals surface area contributed by atoms with Crippen LogP contribution in [0.3, 0.4) is 0 Å². The molecule has 0 fully saturated rings. The highest BCUT2D eigenvalue weighted by atomic mass is 32.2. The van der Waals surface area contributed by atoms with Gasteiger partial charge in [-0.1, -0.05) is 18.2 Å². The van der Waals surface area contributed by atoms with Crippen molar-refractivity contribution in [3.05, 3.63) is 115 Å². The number of anilines is 4. The molecule has 0 saturated carbocycles. The Labute approximate surface area is 279 Å². The number of halogens is 2. The van der Waals surface area contributed by atoms with Crippen LogP contribution in [0.15, 0.2) is 108 Å². The van der Waals surface area contributed by atoms with Crippen LogP contribution < -0.4 is 30.6 Å². The van der Waals surface area contributed by atoms with Gasteiger partial charge in [0.25, 0.3) is 10.0 Å². The molecule has 11 nitrogen and oxygen atoms in total. The van der Waals surface area contributed by atoms with Crippen LogP contribution in [-0.4, -0.2) is 38.6 Å². The van der Waals surface area contributed by atoms with Gasteiger partial charge >= 0.3 is 6.03 Å². The van der Waals surface area contributed by atoms with E-state index in [0.29, 0.717) is 56.3 Å². The van der Waals surface area contributed by atoms with Gasteiger partial charge in [0.05, 0.1) is 19.7 Å². The number of nitrogens with zero attached hydrogens (tertiary/aromatic N) is 2. The number of nitrogens with one attached hydrogen (secondary N) is 3. The summed E-state index contributed by atoms with van der Waals surface area (Å²) in [5, 5.41) is 6.30. The molecular weight excluding hydrogens is 654 g/mol. The molecule has 0 saturated heterocycles.